The predicted molar refractivity (Wildman–Crippen MR) is 61.8 cm³/mol. The van der Waals surface area contributed by atoms with Crippen molar-refractivity contribution in [3.63, 3.8) is 0 Å². The van der Waals surface area contributed by atoms with Gasteiger partial charge in [-0.05, 0) is 13.5 Å². The monoisotopic (exact) mass is 225 g/mol. The van der Waals surface area contributed by atoms with Crippen molar-refractivity contribution in [1.29, 1.82) is 0 Å². The van der Waals surface area contributed by atoms with Crippen molar-refractivity contribution < 1.29 is 9.53 Å². The van der Waals surface area contributed by atoms with E-state index in [-0.39, 0.29) is 11.8 Å². The van der Waals surface area contributed by atoms with Crippen molar-refractivity contribution in [3.05, 3.63) is 11.9 Å². The molecule has 0 fully saturated rings. The number of Topliss-reactive ketones (excluding diaryl/α,β-unsaturated/α-hetero) is 1. The number of nitrogens with one attached hydrogen (secondary N) is 1. The number of aryl methyl sites for hydroxylation is 1. The summed E-state index contributed by atoms with van der Waals surface area (Å²) in [5, 5.41) is 7.22. The van der Waals surface area contributed by atoms with Gasteiger partial charge in [-0.25, -0.2) is 0 Å². The van der Waals surface area contributed by atoms with Gasteiger partial charge in [-0.3, -0.25) is 9.48 Å². The van der Waals surface area contributed by atoms with Crippen molar-refractivity contribution in [3.8, 4) is 5.75 Å². The number of nitrogens with zero attached hydrogens (tertiary/aromatic N) is 2. The number of carbonyl (C=O) groups excluding carboxylic acids is 1. The molecule has 1 N–H and O–H groups in total. The van der Waals surface area contributed by atoms with Crippen LogP contribution in [0.1, 0.15) is 30.8 Å². The maximum Gasteiger partial charge on any atom is 0.186 e. The molecule has 0 bridgehead atoms. The normalized spacial score (nSPS) is 12.5. The quantitative estimate of drug-likeness (QED) is 0.734. The summed E-state index contributed by atoms with van der Waals surface area (Å²) in [6, 6.07) is 0.164. The molecule has 0 aliphatic rings. The summed E-state index contributed by atoms with van der Waals surface area (Å²) in [6.07, 6.45) is 2.01. The van der Waals surface area contributed by atoms with Crippen LogP contribution in [0.3, 0.4) is 0 Å². The van der Waals surface area contributed by atoms with E-state index in [0.29, 0.717) is 17.9 Å². The summed E-state index contributed by atoms with van der Waals surface area (Å²) in [5.74, 6) is 0.585. The molecule has 0 radical (unpaired) electrons. The molecule has 5 nitrogen and oxygen atoms in total. The zero-order valence-electron chi connectivity index (χ0n) is 10.3. The fourth-order valence-corrected chi connectivity index (χ4v) is 1.68. The first kappa shape index (κ1) is 12.7. The number of rotatable bonds is 6. The van der Waals surface area contributed by atoms with Crippen LogP contribution in [0.5, 0.6) is 5.75 Å². The van der Waals surface area contributed by atoms with Crippen LogP contribution in [0, 0.1) is 0 Å². The zero-order valence-corrected chi connectivity index (χ0v) is 10.3. The molecule has 1 rings (SSSR count). The summed E-state index contributed by atoms with van der Waals surface area (Å²) < 4.78 is 6.66. The highest BCUT2D eigenvalue weighted by molar-refractivity contribution is 5.97. The first-order valence-electron chi connectivity index (χ1n) is 5.42. The Morgan fingerprint density at radius 1 is 1.69 bits per heavy atom. The summed E-state index contributed by atoms with van der Waals surface area (Å²) in [4.78, 5) is 12.0. The van der Waals surface area contributed by atoms with E-state index in [2.05, 4.69) is 10.4 Å². The fraction of sp³-hybridized carbons (Fsp3) is 0.636. The molecular weight excluding hydrogens is 206 g/mol. The molecule has 0 saturated carbocycles. The van der Waals surface area contributed by atoms with E-state index in [4.69, 9.17) is 4.74 Å². The van der Waals surface area contributed by atoms with Gasteiger partial charge in [-0.15, -0.1) is 0 Å². The van der Waals surface area contributed by atoms with Gasteiger partial charge in [-0.2, -0.15) is 5.10 Å². The Bertz CT molecular complexity index is 360. The van der Waals surface area contributed by atoms with Gasteiger partial charge in [0.1, 0.15) is 5.69 Å². The fourth-order valence-electron chi connectivity index (χ4n) is 1.68. The lowest BCUT2D eigenvalue weighted by Crippen LogP contribution is -2.28. The second-order valence-corrected chi connectivity index (χ2v) is 3.77. The molecule has 16 heavy (non-hydrogen) atoms. The van der Waals surface area contributed by atoms with Crippen molar-refractivity contribution >= 4 is 5.78 Å². The SMILES string of the molecule is CCNC(C)CC(=O)c1c(OC)cnn1C. The molecule has 0 spiro atoms. The Morgan fingerprint density at radius 2 is 2.38 bits per heavy atom. The molecule has 0 amide bonds. The number of ether oxygens (including phenoxy) is 1. The van der Waals surface area contributed by atoms with Crippen molar-refractivity contribution in [2.24, 2.45) is 7.05 Å². The van der Waals surface area contributed by atoms with E-state index >= 15 is 0 Å². The van der Waals surface area contributed by atoms with Crippen molar-refractivity contribution in [2.45, 2.75) is 26.3 Å². The van der Waals surface area contributed by atoms with Crippen molar-refractivity contribution in [2.75, 3.05) is 13.7 Å². The van der Waals surface area contributed by atoms with Gasteiger partial charge in [-0.1, -0.05) is 6.92 Å². The van der Waals surface area contributed by atoms with Gasteiger partial charge < -0.3 is 10.1 Å². The molecule has 1 aromatic heterocycles. The van der Waals surface area contributed by atoms with Gasteiger partial charge in [0, 0.05) is 19.5 Å². The topological polar surface area (TPSA) is 56.1 Å². The Balaban J connectivity index is 2.75. The molecule has 0 aliphatic carbocycles. The van der Waals surface area contributed by atoms with Gasteiger partial charge in [0.15, 0.2) is 11.5 Å². The van der Waals surface area contributed by atoms with Crippen LogP contribution in [0.2, 0.25) is 0 Å². The van der Waals surface area contributed by atoms with Crippen LogP contribution in [-0.2, 0) is 7.05 Å². The van der Waals surface area contributed by atoms with Gasteiger partial charge in [0.2, 0.25) is 0 Å². The highest BCUT2D eigenvalue weighted by atomic mass is 16.5. The maximum absolute atomic E-state index is 12.0. The molecule has 0 aliphatic heterocycles. The number of aromatic nitrogens is 2. The average Bonchev–Trinajstić information content (AvgIpc) is 2.59. The lowest BCUT2D eigenvalue weighted by molar-refractivity contribution is 0.0959. The molecular formula is C11H19N3O2. The molecule has 1 aromatic rings. The third-order valence-corrected chi connectivity index (χ3v) is 2.43. The van der Waals surface area contributed by atoms with E-state index in [0.717, 1.165) is 6.54 Å². The second-order valence-electron chi connectivity index (χ2n) is 3.77. The summed E-state index contributed by atoms with van der Waals surface area (Å²) in [5.41, 5.74) is 0.534. The average molecular weight is 225 g/mol. The van der Waals surface area contributed by atoms with Crippen LogP contribution in [0.25, 0.3) is 0 Å². The lowest BCUT2D eigenvalue weighted by atomic mass is 10.1. The molecule has 90 valence electrons. The minimum absolute atomic E-state index is 0.0466. The van der Waals surface area contributed by atoms with E-state index in [1.807, 2.05) is 13.8 Å². The standard InChI is InChI=1S/C11H19N3O2/c1-5-12-8(2)6-9(15)11-10(16-4)7-13-14(11)3/h7-8,12H,5-6H2,1-4H3. The smallest absolute Gasteiger partial charge is 0.186 e. The number of hydrogen-bond donors (Lipinski definition) is 1. The molecule has 0 aromatic carbocycles. The molecule has 0 saturated heterocycles. The van der Waals surface area contributed by atoms with E-state index in [1.54, 1.807) is 25.0 Å². The van der Waals surface area contributed by atoms with Crippen LogP contribution < -0.4 is 10.1 Å². The first-order valence-corrected chi connectivity index (χ1v) is 5.42. The molecule has 1 heterocycles. The Labute approximate surface area is 95.8 Å². The van der Waals surface area contributed by atoms with Crippen LogP contribution in [0.15, 0.2) is 6.20 Å². The van der Waals surface area contributed by atoms with E-state index in [9.17, 15) is 4.79 Å². The number of methoxy groups -OCH3 is 1. The number of carbonyl (C=O) groups is 1. The third kappa shape index (κ3) is 2.82. The van der Waals surface area contributed by atoms with Crippen LogP contribution >= 0.6 is 0 Å². The predicted octanol–water partition coefficient (Wildman–Crippen LogP) is 0.999. The summed E-state index contributed by atoms with van der Waals surface area (Å²) in [6.45, 7) is 4.87. The lowest BCUT2D eigenvalue weighted by Gasteiger charge is -2.11. The first-order chi connectivity index (χ1) is 7.60. The minimum Gasteiger partial charge on any atom is -0.493 e. The van der Waals surface area contributed by atoms with Crippen LogP contribution in [0.4, 0.5) is 0 Å². The van der Waals surface area contributed by atoms with Gasteiger partial charge >= 0.3 is 0 Å². The maximum atomic E-state index is 12.0. The van der Waals surface area contributed by atoms with Gasteiger partial charge in [0.05, 0.1) is 13.3 Å². The van der Waals surface area contributed by atoms with Crippen LogP contribution in [-0.4, -0.2) is 35.3 Å². The molecule has 1 unspecified atom stereocenters. The largest absolute Gasteiger partial charge is 0.493 e. The summed E-state index contributed by atoms with van der Waals surface area (Å²) in [7, 11) is 3.29. The Morgan fingerprint density at radius 3 is 2.94 bits per heavy atom. The second kappa shape index (κ2) is 5.65. The molecule has 5 heteroatoms. The highest BCUT2D eigenvalue weighted by Crippen LogP contribution is 2.18. The highest BCUT2D eigenvalue weighted by Gasteiger charge is 2.19. The summed E-state index contributed by atoms with van der Waals surface area (Å²) >= 11 is 0. The van der Waals surface area contributed by atoms with Gasteiger partial charge in [0.25, 0.3) is 0 Å². The number of ketones is 1. The van der Waals surface area contributed by atoms with Crippen molar-refractivity contribution in [1.82, 2.24) is 15.1 Å². The third-order valence-electron chi connectivity index (χ3n) is 2.43. The van der Waals surface area contributed by atoms with E-state index in [1.165, 1.54) is 0 Å². The molecule has 1 atom stereocenters. The van der Waals surface area contributed by atoms with E-state index < -0.39 is 0 Å². The number of hydrogen-bond acceptors (Lipinski definition) is 4. The zero-order chi connectivity index (χ0) is 12.1. The Kier molecular flexibility index (Phi) is 4.49. The Hall–Kier alpha value is -1.36. The minimum atomic E-state index is 0.0466.